The van der Waals surface area contributed by atoms with Gasteiger partial charge in [-0.25, -0.2) is 4.98 Å². The average Bonchev–Trinajstić information content (AvgIpc) is 3.07. The predicted molar refractivity (Wildman–Crippen MR) is 112 cm³/mol. The molecule has 0 bridgehead atoms. The number of aliphatic imine (C=N–C) groups is 1. The lowest BCUT2D eigenvalue weighted by Crippen LogP contribution is -2.43. The first-order chi connectivity index (χ1) is 13.8. The molecule has 3 heterocycles. The SMILES string of the molecule is COc1cc2nc(C3CN4C(=CN3)C=NC4CC(C)(C)C)[nH]c(=O)c2cc1OC. The second kappa shape index (κ2) is 7.09. The van der Waals surface area contributed by atoms with Gasteiger partial charge >= 0.3 is 0 Å². The van der Waals surface area contributed by atoms with Crippen LogP contribution >= 0.6 is 0 Å². The molecular weight excluding hydrogens is 370 g/mol. The molecule has 1 aromatic heterocycles. The third-order valence-electron chi connectivity index (χ3n) is 5.24. The molecule has 154 valence electrons. The number of ether oxygens (including phenoxy) is 2. The number of aromatic amines is 1. The molecule has 2 aromatic rings. The quantitative estimate of drug-likeness (QED) is 0.824. The van der Waals surface area contributed by atoms with Crippen molar-refractivity contribution in [2.45, 2.75) is 39.4 Å². The Morgan fingerprint density at radius 2 is 1.93 bits per heavy atom. The summed E-state index contributed by atoms with van der Waals surface area (Å²) >= 11 is 0. The van der Waals surface area contributed by atoms with Crippen LogP contribution in [0, 0.1) is 5.41 Å². The van der Waals surface area contributed by atoms with Crippen molar-refractivity contribution >= 4 is 17.1 Å². The summed E-state index contributed by atoms with van der Waals surface area (Å²) in [7, 11) is 3.11. The van der Waals surface area contributed by atoms with Crippen LogP contribution < -0.4 is 20.3 Å². The van der Waals surface area contributed by atoms with E-state index < -0.39 is 0 Å². The van der Waals surface area contributed by atoms with E-state index in [1.807, 2.05) is 12.4 Å². The number of allylic oxidation sites excluding steroid dienone is 1. The molecule has 0 saturated heterocycles. The number of nitrogens with zero attached hydrogens (tertiary/aromatic N) is 3. The zero-order valence-electron chi connectivity index (χ0n) is 17.4. The molecule has 2 unspecified atom stereocenters. The Bertz CT molecular complexity index is 1050. The number of hydrogen-bond donors (Lipinski definition) is 2. The minimum Gasteiger partial charge on any atom is -0.493 e. The molecule has 0 spiro atoms. The largest absolute Gasteiger partial charge is 0.493 e. The van der Waals surface area contributed by atoms with Gasteiger partial charge in [0.05, 0.1) is 30.8 Å². The van der Waals surface area contributed by atoms with Gasteiger partial charge in [0.1, 0.15) is 18.0 Å². The van der Waals surface area contributed by atoms with Crippen LogP contribution in [0.5, 0.6) is 11.5 Å². The first kappa shape index (κ1) is 19.3. The lowest BCUT2D eigenvalue weighted by molar-refractivity contribution is 0.187. The maximum absolute atomic E-state index is 12.7. The molecule has 0 saturated carbocycles. The first-order valence-corrected chi connectivity index (χ1v) is 9.71. The van der Waals surface area contributed by atoms with E-state index in [9.17, 15) is 4.79 Å². The molecule has 2 aliphatic rings. The minimum absolute atomic E-state index is 0.0994. The molecule has 2 aliphatic heterocycles. The molecule has 2 N–H and O–H groups in total. The van der Waals surface area contributed by atoms with Gasteiger partial charge in [-0.2, -0.15) is 0 Å². The summed E-state index contributed by atoms with van der Waals surface area (Å²) in [5.41, 5.74) is 1.60. The monoisotopic (exact) mass is 397 g/mol. The van der Waals surface area contributed by atoms with Crippen molar-refractivity contribution in [1.29, 1.82) is 0 Å². The van der Waals surface area contributed by atoms with Gasteiger partial charge in [0.15, 0.2) is 11.5 Å². The third kappa shape index (κ3) is 3.66. The summed E-state index contributed by atoms with van der Waals surface area (Å²) in [5, 5.41) is 3.82. The highest BCUT2D eigenvalue weighted by Gasteiger charge is 2.33. The number of fused-ring (bicyclic) bond motifs is 2. The Morgan fingerprint density at radius 1 is 1.21 bits per heavy atom. The summed E-state index contributed by atoms with van der Waals surface area (Å²) in [6.07, 6.45) is 4.90. The Balaban J connectivity index is 1.66. The molecule has 2 atom stereocenters. The van der Waals surface area contributed by atoms with E-state index >= 15 is 0 Å². The molecule has 4 rings (SSSR count). The number of rotatable bonds is 4. The standard InChI is InChI=1S/C21H27N5O3/c1-21(2,3)8-18-23-10-12-9-22-15(11-26(12)18)19-24-14-7-17(29-5)16(28-4)6-13(14)20(27)25-19/h6-7,9-10,15,18,22H,8,11H2,1-5H3,(H,24,25,27). The molecule has 0 amide bonds. The van der Waals surface area contributed by atoms with Crippen LogP contribution in [0.4, 0.5) is 0 Å². The minimum atomic E-state index is -0.202. The van der Waals surface area contributed by atoms with Gasteiger partial charge in [0, 0.05) is 25.0 Å². The third-order valence-corrected chi connectivity index (χ3v) is 5.24. The van der Waals surface area contributed by atoms with Gasteiger partial charge in [-0.15, -0.1) is 0 Å². The molecule has 0 fully saturated rings. The van der Waals surface area contributed by atoms with Crippen molar-refractivity contribution in [3.63, 3.8) is 0 Å². The molecule has 0 radical (unpaired) electrons. The van der Waals surface area contributed by atoms with Crippen LogP contribution in [0.2, 0.25) is 0 Å². The van der Waals surface area contributed by atoms with E-state index in [1.54, 1.807) is 26.4 Å². The summed E-state index contributed by atoms with van der Waals surface area (Å²) in [4.78, 5) is 27.3. The lowest BCUT2D eigenvalue weighted by atomic mass is 9.90. The predicted octanol–water partition coefficient (Wildman–Crippen LogP) is 2.57. The molecule has 0 aliphatic carbocycles. The van der Waals surface area contributed by atoms with Gasteiger partial charge in [0.2, 0.25) is 0 Å². The number of methoxy groups -OCH3 is 2. The van der Waals surface area contributed by atoms with E-state index in [4.69, 9.17) is 14.5 Å². The zero-order chi connectivity index (χ0) is 20.8. The van der Waals surface area contributed by atoms with E-state index in [-0.39, 0.29) is 23.2 Å². The van der Waals surface area contributed by atoms with Crippen LogP contribution in [0.15, 0.2) is 33.8 Å². The van der Waals surface area contributed by atoms with Gasteiger partial charge in [-0.3, -0.25) is 9.79 Å². The van der Waals surface area contributed by atoms with Gasteiger partial charge < -0.3 is 24.7 Å². The summed E-state index contributed by atoms with van der Waals surface area (Å²) in [6, 6.07) is 3.25. The second-order valence-corrected chi connectivity index (χ2v) is 8.64. The normalized spacial score (nSPS) is 21.0. The molecule has 29 heavy (non-hydrogen) atoms. The summed E-state index contributed by atoms with van der Waals surface area (Å²) < 4.78 is 10.7. The second-order valence-electron chi connectivity index (χ2n) is 8.64. The van der Waals surface area contributed by atoms with Crippen molar-refractivity contribution in [2.75, 3.05) is 20.8 Å². The Labute approximate surface area is 169 Å². The van der Waals surface area contributed by atoms with E-state index in [0.29, 0.717) is 34.8 Å². The number of H-pyrrole nitrogens is 1. The fourth-order valence-corrected chi connectivity index (χ4v) is 3.80. The average molecular weight is 397 g/mol. The first-order valence-electron chi connectivity index (χ1n) is 9.71. The maximum Gasteiger partial charge on any atom is 0.258 e. The van der Waals surface area contributed by atoms with E-state index in [0.717, 1.165) is 12.1 Å². The fraction of sp³-hybridized carbons (Fsp3) is 0.476. The van der Waals surface area contributed by atoms with Gasteiger partial charge in [-0.05, 0) is 17.9 Å². The number of nitrogens with one attached hydrogen (secondary N) is 2. The smallest absolute Gasteiger partial charge is 0.258 e. The van der Waals surface area contributed by atoms with Crippen LogP contribution in [-0.4, -0.2) is 48.0 Å². The molecule has 8 heteroatoms. The number of hydrogen-bond acceptors (Lipinski definition) is 7. The van der Waals surface area contributed by atoms with Crippen LogP contribution in [0.3, 0.4) is 0 Å². The highest BCUT2D eigenvalue weighted by atomic mass is 16.5. The zero-order valence-corrected chi connectivity index (χ0v) is 17.4. The van der Waals surface area contributed by atoms with Crippen molar-refractivity contribution in [3.8, 4) is 11.5 Å². The number of benzene rings is 1. The topological polar surface area (TPSA) is 91.8 Å². The lowest BCUT2D eigenvalue weighted by Gasteiger charge is -2.36. The van der Waals surface area contributed by atoms with Crippen molar-refractivity contribution in [1.82, 2.24) is 20.2 Å². The molecular formula is C21H27N5O3. The Morgan fingerprint density at radius 3 is 2.62 bits per heavy atom. The number of aromatic nitrogens is 2. The van der Waals surface area contributed by atoms with Crippen molar-refractivity contribution in [3.05, 3.63) is 40.2 Å². The van der Waals surface area contributed by atoms with Gasteiger partial charge in [0.25, 0.3) is 5.56 Å². The van der Waals surface area contributed by atoms with Crippen molar-refractivity contribution in [2.24, 2.45) is 10.4 Å². The van der Waals surface area contributed by atoms with E-state index in [1.165, 1.54) is 0 Å². The highest BCUT2D eigenvalue weighted by Crippen LogP contribution is 2.33. The summed E-state index contributed by atoms with van der Waals surface area (Å²) in [6.45, 7) is 7.32. The maximum atomic E-state index is 12.7. The van der Waals surface area contributed by atoms with Crippen molar-refractivity contribution < 1.29 is 9.47 Å². The summed E-state index contributed by atoms with van der Waals surface area (Å²) in [5.74, 6) is 1.63. The van der Waals surface area contributed by atoms with Gasteiger partial charge in [-0.1, -0.05) is 20.8 Å². The Kier molecular flexibility index (Phi) is 4.72. The Hall–Kier alpha value is -3.03. The fourth-order valence-electron chi connectivity index (χ4n) is 3.80. The highest BCUT2D eigenvalue weighted by molar-refractivity contribution is 5.82. The van der Waals surface area contributed by atoms with Crippen LogP contribution in [-0.2, 0) is 0 Å². The van der Waals surface area contributed by atoms with Crippen LogP contribution in [0.25, 0.3) is 10.9 Å². The molecule has 1 aromatic carbocycles. The van der Waals surface area contributed by atoms with Crippen LogP contribution in [0.1, 0.15) is 39.1 Å². The molecule has 8 nitrogen and oxygen atoms in total. The van der Waals surface area contributed by atoms with E-state index in [2.05, 4.69) is 41.0 Å².